The van der Waals surface area contributed by atoms with Gasteiger partial charge in [0.15, 0.2) is 11.6 Å². The number of halogens is 4. The molecule has 11 nitrogen and oxygen atoms in total. The van der Waals surface area contributed by atoms with E-state index in [1.165, 1.54) is 39.4 Å². The lowest BCUT2D eigenvalue weighted by molar-refractivity contribution is 0.0813. The Hall–Kier alpha value is -4.59. The number of carbonyl (C=O) groups is 2. The molecule has 0 aliphatic rings. The second kappa shape index (κ2) is 10.8. The minimum absolute atomic E-state index is 0.0212. The third kappa shape index (κ3) is 5.54. The Morgan fingerprint density at radius 3 is 2.55 bits per heavy atom. The topological polar surface area (TPSA) is 127 Å². The third-order valence-electron chi connectivity index (χ3n) is 5.23. The van der Waals surface area contributed by atoms with Gasteiger partial charge in [-0.3, -0.25) is 15.2 Å². The monoisotopic (exact) mass is 549 g/mol. The zero-order valence-corrected chi connectivity index (χ0v) is 20.8. The average Bonchev–Trinajstić information content (AvgIpc) is 3.52. The van der Waals surface area contributed by atoms with Crippen molar-refractivity contribution < 1.29 is 32.0 Å². The number of carbonyl (C=O) groups excluding carboxylic acids is 2. The van der Waals surface area contributed by atoms with Crippen LogP contribution in [0.2, 0.25) is 5.02 Å². The van der Waals surface area contributed by atoms with Crippen LogP contribution in [-0.2, 0) is 0 Å². The van der Waals surface area contributed by atoms with Crippen LogP contribution in [0.5, 0.6) is 5.88 Å². The van der Waals surface area contributed by atoms with Crippen molar-refractivity contribution in [1.82, 2.24) is 35.7 Å². The summed E-state index contributed by atoms with van der Waals surface area (Å²) in [4.78, 5) is 28.8. The summed E-state index contributed by atoms with van der Waals surface area (Å²) in [6, 6.07) is 2.94. The van der Waals surface area contributed by atoms with Gasteiger partial charge in [-0.25, -0.2) is 27.7 Å². The van der Waals surface area contributed by atoms with E-state index in [0.717, 1.165) is 34.2 Å². The number of ether oxygens (including phenoxy) is 1. The second-order valence-electron chi connectivity index (χ2n) is 7.88. The predicted octanol–water partition coefficient (Wildman–Crippen LogP) is 4.05. The Morgan fingerprint density at radius 2 is 1.92 bits per heavy atom. The van der Waals surface area contributed by atoms with Crippen molar-refractivity contribution in [3.8, 4) is 22.7 Å². The highest BCUT2D eigenvalue weighted by molar-refractivity contribution is 6.31. The summed E-state index contributed by atoms with van der Waals surface area (Å²) in [5, 5.41) is 10.6. The van der Waals surface area contributed by atoms with Gasteiger partial charge in [-0.1, -0.05) is 11.6 Å². The first-order valence-corrected chi connectivity index (χ1v) is 11.2. The van der Waals surface area contributed by atoms with Crippen LogP contribution in [-0.4, -0.2) is 51.0 Å². The number of benzene rings is 1. The van der Waals surface area contributed by atoms with E-state index < -0.39 is 35.4 Å². The van der Waals surface area contributed by atoms with Crippen LogP contribution in [0.25, 0.3) is 16.8 Å². The molecule has 2 N–H and O–H groups in total. The molecule has 0 spiro atoms. The summed E-state index contributed by atoms with van der Waals surface area (Å²) in [7, 11) is 2.60. The van der Waals surface area contributed by atoms with Crippen molar-refractivity contribution in [3.05, 3.63) is 76.8 Å². The molecule has 1 aromatic carbocycles. The van der Waals surface area contributed by atoms with Gasteiger partial charge >= 0.3 is 11.9 Å². The fourth-order valence-electron chi connectivity index (χ4n) is 3.43. The number of amides is 3. The molecule has 0 aliphatic heterocycles. The molecule has 198 valence electrons. The molecule has 15 heteroatoms. The molecular formula is C23H19ClF3N7O4. The molecular weight excluding hydrogens is 531 g/mol. The van der Waals surface area contributed by atoms with E-state index in [1.54, 1.807) is 0 Å². The largest absolute Gasteiger partial charge is 0.479 e. The zero-order chi connectivity index (χ0) is 27.6. The fraction of sp³-hybridized carbons (Fsp3) is 0.174. The van der Waals surface area contributed by atoms with Crippen LogP contribution in [0, 0.1) is 17.5 Å². The number of pyridine rings is 1. The first-order valence-electron chi connectivity index (χ1n) is 10.8. The second-order valence-corrected chi connectivity index (χ2v) is 8.32. The molecule has 4 rings (SSSR count). The first kappa shape index (κ1) is 26.5. The van der Waals surface area contributed by atoms with Crippen molar-refractivity contribution in [2.24, 2.45) is 0 Å². The molecule has 0 aliphatic carbocycles. The lowest BCUT2D eigenvalue weighted by Gasteiger charge is -2.21. The molecule has 0 radical (unpaired) electrons. The van der Waals surface area contributed by atoms with E-state index in [1.807, 2.05) is 0 Å². The van der Waals surface area contributed by atoms with Crippen LogP contribution < -0.4 is 15.5 Å². The SMILES string of the molecule is COc1cc(C(=O)NN(C)C(=O)NC(C)c2ncc(-c3cc(Cl)cc(F)c3-n3cc(F)cn3)cc2F)on1. The molecule has 0 saturated carbocycles. The molecule has 0 saturated heterocycles. The van der Waals surface area contributed by atoms with E-state index in [9.17, 15) is 18.4 Å². The molecule has 0 fully saturated rings. The van der Waals surface area contributed by atoms with Crippen LogP contribution >= 0.6 is 11.6 Å². The molecule has 1 atom stereocenters. The van der Waals surface area contributed by atoms with Crippen molar-refractivity contribution in [1.29, 1.82) is 0 Å². The number of rotatable bonds is 6. The zero-order valence-electron chi connectivity index (χ0n) is 20.0. The molecule has 3 heterocycles. The Bertz CT molecular complexity index is 1510. The maximum atomic E-state index is 15.1. The van der Waals surface area contributed by atoms with Gasteiger partial charge < -0.3 is 14.6 Å². The summed E-state index contributed by atoms with van der Waals surface area (Å²) < 4.78 is 54.0. The molecule has 38 heavy (non-hydrogen) atoms. The Kier molecular flexibility index (Phi) is 7.52. The van der Waals surface area contributed by atoms with Gasteiger partial charge in [0.25, 0.3) is 5.88 Å². The van der Waals surface area contributed by atoms with Gasteiger partial charge in [0.2, 0.25) is 5.76 Å². The van der Waals surface area contributed by atoms with E-state index in [4.69, 9.17) is 20.9 Å². The summed E-state index contributed by atoms with van der Waals surface area (Å²) in [5.74, 6) is -3.24. The number of aromatic nitrogens is 4. The lowest BCUT2D eigenvalue weighted by Crippen LogP contribution is -2.48. The summed E-state index contributed by atoms with van der Waals surface area (Å²) in [6.45, 7) is 1.47. The van der Waals surface area contributed by atoms with Gasteiger partial charge in [0.05, 0.1) is 37.3 Å². The van der Waals surface area contributed by atoms with Gasteiger partial charge in [-0.2, -0.15) is 5.10 Å². The molecule has 1 unspecified atom stereocenters. The highest BCUT2D eigenvalue weighted by atomic mass is 35.5. The summed E-state index contributed by atoms with van der Waals surface area (Å²) in [6.07, 6.45) is 3.10. The smallest absolute Gasteiger partial charge is 0.336 e. The van der Waals surface area contributed by atoms with Gasteiger partial charge in [-0.05, 0) is 30.3 Å². The first-order chi connectivity index (χ1) is 18.1. The summed E-state index contributed by atoms with van der Waals surface area (Å²) in [5.41, 5.74) is 2.20. The summed E-state index contributed by atoms with van der Waals surface area (Å²) >= 11 is 6.00. The van der Waals surface area contributed by atoms with Crippen molar-refractivity contribution in [2.75, 3.05) is 14.2 Å². The predicted molar refractivity (Wildman–Crippen MR) is 127 cm³/mol. The minimum Gasteiger partial charge on any atom is -0.479 e. The Morgan fingerprint density at radius 1 is 1.16 bits per heavy atom. The van der Waals surface area contributed by atoms with Gasteiger partial charge in [-0.15, -0.1) is 0 Å². The quantitative estimate of drug-likeness (QED) is 0.347. The average molecular weight is 550 g/mol. The maximum Gasteiger partial charge on any atom is 0.336 e. The lowest BCUT2D eigenvalue weighted by atomic mass is 10.0. The van der Waals surface area contributed by atoms with Gasteiger partial charge in [0.1, 0.15) is 11.5 Å². The molecule has 0 bridgehead atoms. The maximum absolute atomic E-state index is 15.1. The number of urea groups is 1. The number of methoxy groups -OCH3 is 1. The number of hydrazine groups is 1. The molecule has 4 aromatic rings. The fourth-order valence-corrected chi connectivity index (χ4v) is 3.63. The van der Waals surface area contributed by atoms with Crippen molar-refractivity contribution in [2.45, 2.75) is 13.0 Å². The standard InChI is InChI=1S/C23H19ClF3N7O4/c1-11(30-23(36)33(2)31-22(35)18-7-19(37-3)32-38-18)20-16(26)4-12(8-28-20)15-5-13(24)6-17(27)21(15)34-10-14(25)9-29-34/h4-11H,1-3H3,(H,30,36)(H,31,35). The Balaban J connectivity index is 1.51. The van der Waals surface area contributed by atoms with E-state index >= 15 is 4.39 Å². The van der Waals surface area contributed by atoms with Crippen LogP contribution in [0.1, 0.15) is 29.2 Å². The molecule has 3 amide bonds. The normalized spacial score (nSPS) is 11.7. The van der Waals surface area contributed by atoms with Gasteiger partial charge in [0, 0.05) is 29.4 Å². The number of nitrogens with one attached hydrogen (secondary N) is 2. The number of hydrogen-bond donors (Lipinski definition) is 2. The highest BCUT2D eigenvalue weighted by Crippen LogP contribution is 2.33. The van der Waals surface area contributed by atoms with Crippen LogP contribution in [0.4, 0.5) is 18.0 Å². The molecule has 3 aromatic heterocycles. The Labute approximate surface area is 218 Å². The highest BCUT2D eigenvalue weighted by Gasteiger charge is 2.23. The van der Waals surface area contributed by atoms with Crippen molar-refractivity contribution >= 4 is 23.5 Å². The van der Waals surface area contributed by atoms with Crippen LogP contribution in [0.3, 0.4) is 0 Å². The van der Waals surface area contributed by atoms with Crippen LogP contribution in [0.15, 0.2) is 47.4 Å². The third-order valence-corrected chi connectivity index (χ3v) is 5.45. The van der Waals surface area contributed by atoms with Crippen molar-refractivity contribution in [3.63, 3.8) is 0 Å². The minimum atomic E-state index is -0.947. The van der Waals surface area contributed by atoms with E-state index in [0.29, 0.717) is 0 Å². The number of nitrogens with zero attached hydrogens (tertiary/aromatic N) is 5. The van der Waals surface area contributed by atoms with E-state index in [2.05, 4.69) is 26.0 Å². The van der Waals surface area contributed by atoms with E-state index in [-0.39, 0.29) is 39.2 Å². The number of hydrogen-bond acceptors (Lipinski definition) is 7.